The molecular formula is C21H19F2N9. The molecule has 0 saturated heterocycles. The summed E-state index contributed by atoms with van der Waals surface area (Å²) in [4.78, 5) is 18.3. The van der Waals surface area contributed by atoms with Gasteiger partial charge in [0.15, 0.2) is 11.6 Å². The Hall–Kier alpha value is -4.02. The number of fused-ring (bicyclic) bond motifs is 1. The van der Waals surface area contributed by atoms with Crippen molar-refractivity contribution in [3.05, 3.63) is 71.7 Å². The molecule has 4 aromatic rings. The second-order valence-corrected chi connectivity index (χ2v) is 7.44. The SMILES string of the molecule is Cc1cc(-c2ncc(CNc3ncnc(N4CCn5nncc5C4)c3F)cc2F)ccn1. The number of anilines is 2. The molecule has 0 amide bonds. The van der Waals surface area contributed by atoms with Crippen LogP contribution in [0.15, 0.2) is 43.1 Å². The van der Waals surface area contributed by atoms with Crippen molar-refractivity contribution in [2.45, 2.75) is 26.6 Å². The quantitative estimate of drug-likeness (QED) is 0.511. The van der Waals surface area contributed by atoms with Crippen LogP contribution < -0.4 is 10.2 Å². The second-order valence-electron chi connectivity index (χ2n) is 7.44. The Morgan fingerprint density at radius 1 is 1.06 bits per heavy atom. The number of aromatic nitrogens is 7. The number of pyridine rings is 2. The molecule has 0 fully saturated rings. The van der Waals surface area contributed by atoms with Gasteiger partial charge in [0.05, 0.1) is 25.0 Å². The summed E-state index contributed by atoms with van der Waals surface area (Å²) in [6, 6.07) is 4.85. The zero-order valence-corrected chi connectivity index (χ0v) is 17.2. The lowest BCUT2D eigenvalue weighted by Gasteiger charge is -2.28. The molecule has 5 heterocycles. The molecule has 5 rings (SSSR count). The molecule has 0 spiro atoms. The zero-order valence-electron chi connectivity index (χ0n) is 17.2. The van der Waals surface area contributed by atoms with Gasteiger partial charge < -0.3 is 10.2 Å². The average molecular weight is 435 g/mol. The van der Waals surface area contributed by atoms with E-state index in [4.69, 9.17) is 0 Å². The van der Waals surface area contributed by atoms with Gasteiger partial charge in [-0.25, -0.2) is 19.0 Å². The summed E-state index contributed by atoms with van der Waals surface area (Å²) in [5.74, 6) is -0.785. The number of aryl methyl sites for hydroxylation is 1. The topological polar surface area (TPSA) is 97.5 Å². The van der Waals surface area contributed by atoms with Crippen molar-refractivity contribution in [2.75, 3.05) is 16.8 Å². The molecule has 162 valence electrons. The zero-order chi connectivity index (χ0) is 22.1. The van der Waals surface area contributed by atoms with Crippen molar-refractivity contribution in [1.29, 1.82) is 0 Å². The van der Waals surface area contributed by atoms with Gasteiger partial charge in [-0.15, -0.1) is 5.10 Å². The number of hydrogen-bond acceptors (Lipinski definition) is 8. The fourth-order valence-electron chi connectivity index (χ4n) is 3.63. The lowest BCUT2D eigenvalue weighted by Crippen LogP contribution is -2.35. The number of halogens is 2. The van der Waals surface area contributed by atoms with Crippen molar-refractivity contribution in [1.82, 2.24) is 34.9 Å². The molecule has 0 aromatic carbocycles. The van der Waals surface area contributed by atoms with Gasteiger partial charge in [0.2, 0.25) is 5.82 Å². The Morgan fingerprint density at radius 2 is 1.97 bits per heavy atom. The monoisotopic (exact) mass is 435 g/mol. The van der Waals surface area contributed by atoms with E-state index in [1.807, 2.05) is 11.8 Å². The van der Waals surface area contributed by atoms with Crippen molar-refractivity contribution in [2.24, 2.45) is 0 Å². The number of nitrogens with one attached hydrogen (secondary N) is 1. The summed E-state index contributed by atoms with van der Waals surface area (Å²) in [6.45, 7) is 3.58. The molecule has 9 nitrogen and oxygen atoms in total. The maximum Gasteiger partial charge on any atom is 0.207 e. The summed E-state index contributed by atoms with van der Waals surface area (Å²) in [6.07, 6.45) is 6.13. The van der Waals surface area contributed by atoms with Gasteiger partial charge >= 0.3 is 0 Å². The van der Waals surface area contributed by atoms with Crippen LogP contribution in [0.4, 0.5) is 20.4 Å². The van der Waals surface area contributed by atoms with Crippen molar-refractivity contribution < 1.29 is 8.78 Å². The molecule has 1 aliphatic heterocycles. The Kier molecular flexibility index (Phi) is 5.13. The highest BCUT2D eigenvalue weighted by atomic mass is 19.1. The highest BCUT2D eigenvalue weighted by Gasteiger charge is 2.23. The predicted molar refractivity (Wildman–Crippen MR) is 113 cm³/mol. The molecule has 4 aromatic heterocycles. The van der Waals surface area contributed by atoms with Crippen LogP contribution in [0, 0.1) is 18.6 Å². The maximum atomic E-state index is 15.1. The molecular weight excluding hydrogens is 416 g/mol. The predicted octanol–water partition coefficient (Wildman–Crippen LogP) is 2.74. The van der Waals surface area contributed by atoms with Gasteiger partial charge in [-0.3, -0.25) is 9.97 Å². The summed E-state index contributed by atoms with van der Waals surface area (Å²) < 4.78 is 31.5. The Balaban J connectivity index is 1.31. The van der Waals surface area contributed by atoms with Crippen LogP contribution >= 0.6 is 0 Å². The van der Waals surface area contributed by atoms with Crippen LogP contribution in [0.1, 0.15) is 17.0 Å². The Labute approximate surface area is 182 Å². The van der Waals surface area contributed by atoms with E-state index in [0.717, 1.165) is 11.4 Å². The third-order valence-corrected chi connectivity index (χ3v) is 5.23. The number of rotatable bonds is 5. The van der Waals surface area contributed by atoms with Gasteiger partial charge in [-0.05, 0) is 30.7 Å². The van der Waals surface area contributed by atoms with E-state index >= 15 is 4.39 Å². The molecule has 1 aliphatic rings. The van der Waals surface area contributed by atoms with Crippen LogP contribution in [-0.2, 0) is 19.6 Å². The first-order chi connectivity index (χ1) is 15.6. The summed E-state index contributed by atoms with van der Waals surface area (Å²) in [7, 11) is 0. The van der Waals surface area contributed by atoms with E-state index in [-0.39, 0.29) is 23.9 Å². The Bertz CT molecular complexity index is 1270. The summed E-state index contributed by atoms with van der Waals surface area (Å²) in [5.41, 5.74) is 3.12. The standard InChI is InChI=1S/C21H19F2N9/c1-13-6-15(2-3-24-13)19-17(22)7-14(8-25-19)9-26-20-18(23)21(28-12-27-20)31-4-5-32-16(11-31)10-29-30-32/h2-3,6-8,10,12H,4-5,9,11H2,1H3,(H,26,27,28). The molecule has 0 atom stereocenters. The van der Waals surface area contributed by atoms with E-state index in [2.05, 4.69) is 35.6 Å². The van der Waals surface area contributed by atoms with E-state index < -0.39 is 11.6 Å². The smallest absolute Gasteiger partial charge is 0.207 e. The van der Waals surface area contributed by atoms with Crippen molar-refractivity contribution in [3.8, 4) is 11.3 Å². The van der Waals surface area contributed by atoms with E-state index in [9.17, 15) is 4.39 Å². The van der Waals surface area contributed by atoms with Crippen molar-refractivity contribution in [3.63, 3.8) is 0 Å². The van der Waals surface area contributed by atoms with Gasteiger partial charge in [-0.1, -0.05) is 5.21 Å². The van der Waals surface area contributed by atoms with Crippen LogP contribution in [-0.4, -0.2) is 41.5 Å². The number of hydrogen-bond donors (Lipinski definition) is 1. The van der Waals surface area contributed by atoms with E-state index in [1.54, 1.807) is 35.4 Å². The van der Waals surface area contributed by atoms with Gasteiger partial charge in [0.1, 0.15) is 17.8 Å². The van der Waals surface area contributed by atoms with Crippen LogP contribution in [0.2, 0.25) is 0 Å². The lowest BCUT2D eigenvalue weighted by atomic mass is 10.1. The molecule has 0 bridgehead atoms. The largest absolute Gasteiger partial charge is 0.363 e. The first kappa shape index (κ1) is 19.9. The van der Waals surface area contributed by atoms with E-state index in [1.165, 1.54) is 12.4 Å². The molecule has 0 unspecified atom stereocenters. The van der Waals surface area contributed by atoms with Crippen molar-refractivity contribution >= 4 is 11.6 Å². The highest BCUT2D eigenvalue weighted by Crippen LogP contribution is 2.25. The van der Waals surface area contributed by atoms with Crippen LogP contribution in [0.5, 0.6) is 0 Å². The molecule has 0 radical (unpaired) electrons. The maximum absolute atomic E-state index is 15.1. The average Bonchev–Trinajstić information content (AvgIpc) is 3.26. The fraction of sp³-hybridized carbons (Fsp3) is 0.238. The third-order valence-electron chi connectivity index (χ3n) is 5.23. The minimum Gasteiger partial charge on any atom is -0.363 e. The van der Waals surface area contributed by atoms with Crippen LogP contribution in [0.25, 0.3) is 11.3 Å². The molecule has 0 aliphatic carbocycles. The normalized spacial score (nSPS) is 13.2. The molecule has 32 heavy (non-hydrogen) atoms. The Morgan fingerprint density at radius 3 is 2.81 bits per heavy atom. The minimum atomic E-state index is -0.564. The van der Waals surface area contributed by atoms with Gasteiger partial charge in [0.25, 0.3) is 0 Å². The van der Waals surface area contributed by atoms with Gasteiger partial charge in [-0.2, -0.15) is 4.39 Å². The van der Waals surface area contributed by atoms with E-state index in [0.29, 0.717) is 30.8 Å². The summed E-state index contributed by atoms with van der Waals surface area (Å²) >= 11 is 0. The second kappa shape index (κ2) is 8.25. The van der Waals surface area contributed by atoms with Gasteiger partial charge in [0, 0.05) is 36.7 Å². The summed E-state index contributed by atoms with van der Waals surface area (Å²) in [5, 5.41) is 10.8. The lowest BCUT2D eigenvalue weighted by molar-refractivity contribution is 0.497. The fourth-order valence-corrected chi connectivity index (χ4v) is 3.63. The first-order valence-electron chi connectivity index (χ1n) is 10.0. The third kappa shape index (κ3) is 3.84. The molecule has 1 N–H and O–H groups in total. The highest BCUT2D eigenvalue weighted by molar-refractivity contribution is 5.60. The minimum absolute atomic E-state index is 0.0430. The molecule has 11 heteroatoms. The number of nitrogens with zero attached hydrogens (tertiary/aromatic N) is 8. The molecule has 0 saturated carbocycles. The van der Waals surface area contributed by atoms with Crippen LogP contribution in [0.3, 0.4) is 0 Å². The first-order valence-corrected chi connectivity index (χ1v) is 10.0.